The van der Waals surface area contributed by atoms with Gasteiger partial charge in [-0.05, 0) is 55.8 Å². The van der Waals surface area contributed by atoms with E-state index in [0.717, 1.165) is 39.7 Å². The molecule has 2 aromatic heterocycles. The van der Waals surface area contributed by atoms with E-state index in [2.05, 4.69) is 19.2 Å². The first-order valence-electron chi connectivity index (χ1n) is 9.67. The molecule has 29 heavy (non-hydrogen) atoms. The Morgan fingerprint density at radius 1 is 1.17 bits per heavy atom. The molecule has 7 heteroatoms. The average Bonchev–Trinajstić information content (AvgIpc) is 3.35. The molecule has 1 aliphatic rings. The molecular formula is C22H24FN2O3S+. The van der Waals surface area contributed by atoms with Crippen molar-refractivity contribution in [3.05, 3.63) is 75.8 Å². The van der Waals surface area contributed by atoms with Gasteiger partial charge in [-0.2, -0.15) is 0 Å². The Balaban J connectivity index is 1.77. The molecular weight excluding hydrogens is 391 g/mol. The molecule has 1 aromatic carbocycles. The zero-order chi connectivity index (χ0) is 20.4. The van der Waals surface area contributed by atoms with Crippen LogP contribution in [0.1, 0.15) is 38.2 Å². The van der Waals surface area contributed by atoms with Crippen molar-refractivity contribution in [1.82, 2.24) is 0 Å². The van der Waals surface area contributed by atoms with Crippen molar-refractivity contribution in [3.63, 3.8) is 0 Å². The van der Waals surface area contributed by atoms with Gasteiger partial charge in [0.25, 0.3) is 5.91 Å². The number of amides is 1. The second-order valence-electron chi connectivity index (χ2n) is 7.21. The van der Waals surface area contributed by atoms with E-state index in [-0.39, 0.29) is 23.5 Å². The van der Waals surface area contributed by atoms with Crippen LogP contribution in [0.2, 0.25) is 0 Å². The first-order chi connectivity index (χ1) is 14.0. The molecule has 0 spiro atoms. The maximum Gasteiger partial charge on any atom is 0.291 e. The number of benzene rings is 1. The van der Waals surface area contributed by atoms with Crippen LogP contribution in [0.4, 0.5) is 9.39 Å². The molecule has 0 aliphatic carbocycles. The SMILES string of the molecule is Cc1sc(NC(=O)c2ccco2)c([C@@H](c2ccc(F)cc2)[NH+]2CCOCC2)c1C. The number of morpholine rings is 1. The van der Waals surface area contributed by atoms with Crippen LogP contribution in [0.5, 0.6) is 0 Å². The molecule has 0 unspecified atom stereocenters. The molecule has 4 rings (SSSR count). The predicted octanol–water partition coefficient (Wildman–Crippen LogP) is 3.35. The van der Waals surface area contributed by atoms with Crippen molar-refractivity contribution in [3.8, 4) is 0 Å². The van der Waals surface area contributed by atoms with E-state index in [0.29, 0.717) is 13.2 Å². The summed E-state index contributed by atoms with van der Waals surface area (Å²) in [6, 6.07) is 10.00. The smallest absolute Gasteiger partial charge is 0.291 e. The Morgan fingerprint density at radius 2 is 1.90 bits per heavy atom. The Labute approximate surface area is 173 Å². The van der Waals surface area contributed by atoms with Crippen molar-refractivity contribution < 1.29 is 23.2 Å². The summed E-state index contributed by atoms with van der Waals surface area (Å²) in [7, 11) is 0. The lowest BCUT2D eigenvalue weighted by atomic mass is 9.94. The van der Waals surface area contributed by atoms with Crippen molar-refractivity contribution in [2.24, 2.45) is 0 Å². The maximum atomic E-state index is 13.6. The lowest BCUT2D eigenvalue weighted by Gasteiger charge is -2.32. The summed E-state index contributed by atoms with van der Waals surface area (Å²) >= 11 is 1.56. The molecule has 0 radical (unpaired) electrons. The quantitative estimate of drug-likeness (QED) is 0.672. The lowest BCUT2D eigenvalue weighted by Crippen LogP contribution is -3.14. The van der Waals surface area contributed by atoms with Gasteiger partial charge in [0.2, 0.25) is 0 Å². The number of aryl methyl sites for hydroxylation is 1. The minimum absolute atomic E-state index is 0.0173. The number of hydrogen-bond acceptors (Lipinski definition) is 4. The van der Waals surface area contributed by atoms with Gasteiger partial charge in [-0.3, -0.25) is 4.79 Å². The third kappa shape index (κ3) is 4.12. The summed E-state index contributed by atoms with van der Waals surface area (Å²) in [4.78, 5) is 15.1. The van der Waals surface area contributed by atoms with Crippen LogP contribution in [0.15, 0.2) is 47.1 Å². The van der Waals surface area contributed by atoms with Crippen LogP contribution in [-0.4, -0.2) is 32.2 Å². The van der Waals surface area contributed by atoms with Crippen LogP contribution >= 0.6 is 11.3 Å². The summed E-state index contributed by atoms with van der Waals surface area (Å²) in [5, 5.41) is 3.86. The highest BCUT2D eigenvalue weighted by molar-refractivity contribution is 7.16. The molecule has 2 N–H and O–H groups in total. The maximum absolute atomic E-state index is 13.6. The first kappa shape index (κ1) is 19.8. The molecule has 1 atom stereocenters. The third-order valence-corrected chi connectivity index (χ3v) is 6.58. The lowest BCUT2D eigenvalue weighted by molar-refractivity contribution is -0.933. The second-order valence-corrected chi connectivity index (χ2v) is 8.44. The van der Waals surface area contributed by atoms with Crippen molar-refractivity contribution >= 4 is 22.2 Å². The summed E-state index contributed by atoms with van der Waals surface area (Å²) in [5.41, 5.74) is 3.26. The van der Waals surface area contributed by atoms with Gasteiger partial charge in [0, 0.05) is 10.4 Å². The molecule has 0 bridgehead atoms. The molecule has 3 heterocycles. The number of ether oxygens (including phenoxy) is 1. The second kappa shape index (κ2) is 8.49. The number of halogens is 1. The Hall–Kier alpha value is -2.48. The summed E-state index contributed by atoms with van der Waals surface area (Å²) in [6.07, 6.45) is 1.49. The zero-order valence-corrected chi connectivity index (χ0v) is 17.3. The van der Waals surface area contributed by atoms with E-state index in [1.807, 2.05) is 12.1 Å². The van der Waals surface area contributed by atoms with Crippen molar-refractivity contribution in [2.75, 3.05) is 31.6 Å². The number of carbonyl (C=O) groups is 1. The Bertz CT molecular complexity index is 976. The standard InChI is InChI=1S/C22H23FN2O3S/c1-14-15(2)29-22(24-21(26)18-4-3-11-28-18)19(14)20(25-9-12-27-13-10-25)16-5-7-17(23)8-6-16/h3-8,11,20H,9-10,12-13H2,1-2H3,(H,24,26)/p+1/t20-/m1/s1. The normalized spacial score (nSPS) is 16.0. The van der Waals surface area contributed by atoms with Gasteiger partial charge in [0.15, 0.2) is 5.76 Å². The van der Waals surface area contributed by atoms with Crippen LogP contribution in [0.25, 0.3) is 0 Å². The molecule has 1 amide bonds. The number of furan rings is 1. The van der Waals surface area contributed by atoms with Crippen LogP contribution in [0.3, 0.4) is 0 Å². The fourth-order valence-corrected chi connectivity index (χ4v) is 4.94. The zero-order valence-electron chi connectivity index (χ0n) is 16.5. The van der Waals surface area contributed by atoms with Crippen molar-refractivity contribution in [1.29, 1.82) is 0 Å². The number of quaternary nitrogens is 1. The Morgan fingerprint density at radius 3 is 2.55 bits per heavy atom. The Kier molecular flexibility index (Phi) is 5.80. The summed E-state index contributed by atoms with van der Waals surface area (Å²) < 4.78 is 24.4. The average molecular weight is 416 g/mol. The fraction of sp³-hybridized carbons (Fsp3) is 0.318. The first-order valence-corrected chi connectivity index (χ1v) is 10.5. The van der Waals surface area contributed by atoms with E-state index >= 15 is 0 Å². The predicted molar refractivity (Wildman–Crippen MR) is 110 cm³/mol. The van der Waals surface area contributed by atoms with Gasteiger partial charge in [0.1, 0.15) is 29.9 Å². The minimum Gasteiger partial charge on any atom is -0.459 e. The number of carbonyl (C=O) groups excluding carboxylic acids is 1. The molecule has 1 aliphatic heterocycles. The number of nitrogens with one attached hydrogen (secondary N) is 2. The molecule has 1 saturated heterocycles. The van der Waals surface area contributed by atoms with E-state index in [4.69, 9.17) is 9.15 Å². The van der Waals surface area contributed by atoms with Crippen LogP contribution < -0.4 is 10.2 Å². The van der Waals surface area contributed by atoms with E-state index < -0.39 is 0 Å². The van der Waals surface area contributed by atoms with Gasteiger partial charge >= 0.3 is 0 Å². The molecule has 152 valence electrons. The van der Waals surface area contributed by atoms with Gasteiger partial charge < -0.3 is 19.4 Å². The highest BCUT2D eigenvalue weighted by atomic mass is 32.1. The summed E-state index contributed by atoms with van der Waals surface area (Å²) in [6.45, 7) is 7.21. The monoisotopic (exact) mass is 415 g/mol. The van der Waals surface area contributed by atoms with Crippen LogP contribution in [0, 0.1) is 19.7 Å². The van der Waals surface area contributed by atoms with E-state index in [1.54, 1.807) is 23.5 Å². The fourth-order valence-electron chi connectivity index (χ4n) is 3.84. The number of hydrogen-bond donors (Lipinski definition) is 2. The highest BCUT2D eigenvalue weighted by Crippen LogP contribution is 2.38. The van der Waals surface area contributed by atoms with Gasteiger partial charge in [-0.1, -0.05) is 0 Å². The topological polar surface area (TPSA) is 55.9 Å². The molecule has 3 aromatic rings. The van der Waals surface area contributed by atoms with E-state index in [1.165, 1.54) is 23.3 Å². The van der Waals surface area contributed by atoms with Gasteiger partial charge in [-0.25, -0.2) is 4.39 Å². The summed E-state index contributed by atoms with van der Waals surface area (Å²) in [5.74, 6) is -0.252. The highest BCUT2D eigenvalue weighted by Gasteiger charge is 2.33. The molecule has 5 nitrogen and oxygen atoms in total. The molecule has 1 fully saturated rings. The van der Waals surface area contributed by atoms with Gasteiger partial charge in [0.05, 0.1) is 25.0 Å². The minimum atomic E-state index is -0.271. The van der Waals surface area contributed by atoms with Gasteiger partial charge in [-0.15, -0.1) is 11.3 Å². The van der Waals surface area contributed by atoms with Crippen molar-refractivity contribution in [2.45, 2.75) is 19.9 Å². The van der Waals surface area contributed by atoms with E-state index in [9.17, 15) is 9.18 Å². The number of thiophene rings is 1. The number of rotatable bonds is 5. The van der Waals surface area contributed by atoms with Crippen LogP contribution in [-0.2, 0) is 4.74 Å². The number of anilines is 1. The largest absolute Gasteiger partial charge is 0.459 e. The third-order valence-electron chi connectivity index (χ3n) is 5.44. The molecule has 0 saturated carbocycles.